The number of nitrogens with one attached hydrogen (secondary N) is 1. The number of aromatic hydroxyl groups is 1. The van der Waals surface area contributed by atoms with Crippen LogP contribution in [0.4, 0.5) is 0 Å². The van der Waals surface area contributed by atoms with Gasteiger partial charge in [-0.05, 0) is 31.0 Å². The Morgan fingerprint density at radius 3 is 2.79 bits per heavy atom. The lowest BCUT2D eigenvalue weighted by Crippen LogP contribution is -2.26. The molecule has 0 aliphatic carbocycles. The number of phenolic OH excluding ortho intramolecular Hbond substituents is 1. The predicted octanol–water partition coefficient (Wildman–Crippen LogP) is 2.22. The first-order chi connectivity index (χ1) is 9.04. The van der Waals surface area contributed by atoms with Crippen LogP contribution in [0.2, 0.25) is 0 Å². The van der Waals surface area contributed by atoms with E-state index in [4.69, 9.17) is 0 Å². The standard InChI is InChI=1S/C14H16N2O2S/c1-8-7-9(2)13(17)12-10(8)3-4-11(16-12)14(18)15-5-6-19/h3-4,7,17,19H,5-6H2,1-2H3,(H,15,18). The third kappa shape index (κ3) is 2.66. The van der Waals surface area contributed by atoms with Gasteiger partial charge in [-0.1, -0.05) is 12.1 Å². The molecular formula is C14H16N2O2S. The Labute approximate surface area is 117 Å². The zero-order valence-corrected chi connectivity index (χ0v) is 11.8. The van der Waals surface area contributed by atoms with E-state index in [2.05, 4.69) is 22.9 Å². The van der Waals surface area contributed by atoms with Crippen molar-refractivity contribution in [1.82, 2.24) is 10.3 Å². The second kappa shape index (κ2) is 5.48. The number of benzene rings is 1. The van der Waals surface area contributed by atoms with E-state index < -0.39 is 0 Å². The number of thiol groups is 1. The van der Waals surface area contributed by atoms with Crippen LogP contribution >= 0.6 is 12.6 Å². The van der Waals surface area contributed by atoms with E-state index in [9.17, 15) is 9.90 Å². The molecule has 0 aliphatic rings. The van der Waals surface area contributed by atoms with Crippen molar-refractivity contribution in [2.75, 3.05) is 12.3 Å². The molecule has 0 spiro atoms. The summed E-state index contributed by atoms with van der Waals surface area (Å²) in [5.41, 5.74) is 2.55. The lowest BCUT2D eigenvalue weighted by molar-refractivity contribution is 0.0951. The number of hydrogen-bond donors (Lipinski definition) is 3. The minimum absolute atomic E-state index is 0.129. The second-order valence-electron chi connectivity index (χ2n) is 4.43. The van der Waals surface area contributed by atoms with E-state index >= 15 is 0 Å². The van der Waals surface area contributed by atoms with Gasteiger partial charge in [-0.25, -0.2) is 4.98 Å². The van der Waals surface area contributed by atoms with Gasteiger partial charge in [0.25, 0.3) is 5.91 Å². The molecule has 2 aromatic rings. The Morgan fingerprint density at radius 2 is 2.11 bits per heavy atom. The number of aromatic nitrogens is 1. The van der Waals surface area contributed by atoms with Gasteiger partial charge in [-0.15, -0.1) is 0 Å². The van der Waals surface area contributed by atoms with Gasteiger partial charge in [0.1, 0.15) is 17.0 Å². The smallest absolute Gasteiger partial charge is 0.269 e. The average Bonchev–Trinajstić information content (AvgIpc) is 2.41. The van der Waals surface area contributed by atoms with Gasteiger partial charge in [0.2, 0.25) is 0 Å². The number of phenols is 1. The van der Waals surface area contributed by atoms with Crippen molar-refractivity contribution in [3.8, 4) is 5.75 Å². The number of aryl methyl sites for hydroxylation is 2. The SMILES string of the molecule is Cc1cc(C)c2ccc(C(=O)NCCS)nc2c1O. The normalized spacial score (nSPS) is 10.7. The molecule has 0 radical (unpaired) electrons. The fraction of sp³-hybridized carbons (Fsp3) is 0.286. The van der Waals surface area contributed by atoms with E-state index in [0.717, 1.165) is 16.5 Å². The summed E-state index contributed by atoms with van der Waals surface area (Å²) in [6, 6.07) is 5.38. The molecule has 0 bridgehead atoms. The Morgan fingerprint density at radius 1 is 1.37 bits per heavy atom. The van der Waals surface area contributed by atoms with Crippen LogP contribution < -0.4 is 5.32 Å². The number of nitrogens with zero attached hydrogens (tertiary/aromatic N) is 1. The summed E-state index contributed by atoms with van der Waals surface area (Å²) in [7, 11) is 0. The van der Waals surface area contributed by atoms with Crippen LogP contribution in [0.1, 0.15) is 21.6 Å². The summed E-state index contributed by atoms with van der Waals surface area (Å²) in [4.78, 5) is 16.1. The molecule has 2 rings (SSSR count). The Balaban J connectivity index is 2.51. The zero-order chi connectivity index (χ0) is 14.0. The number of carbonyl (C=O) groups excluding carboxylic acids is 1. The van der Waals surface area contributed by atoms with Crippen molar-refractivity contribution < 1.29 is 9.90 Å². The Bertz CT molecular complexity index is 641. The molecule has 0 saturated heterocycles. The molecule has 0 fully saturated rings. The van der Waals surface area contributed by atoms with Crippen LogP contribution in [0.25, 0.3) is 10.9 Å². The molecule has 1 aromatic heterocycles. The highest BCUT2D eigenvalue weighted by atomic mass is 32.1. The summed E-state index contributed by atoms with van der Waals surface area (Å²) in [5.74, 6) is 0.446. The van der Waals surface area contributed by atoms with Crippen molar-refractivity contribution in [3.63, 3.8) is 0 Å². The third-order valence-corrected chi connectivity index (χ3v) is 3.20. The molecule has 0 saturated carbocycles. The summed E-state index contributed by atoms with van der Waals surface area (Å²) in [6.45, 7) is 4.26. The first kappa shape index (κ1) is 13.7. The molecule has 0 unspecified atom stereocenters. The molecule has 0 aliphatic heterocycles. The van der Waals surface area contributed by atoms with Crippen molar-refractivity contribution in [2.45, 2.75) is 13.8 Å². The maximum absolute atomic E-state index is 11.8. The predicted molar refractivity (Wildman–Crippen MR) is 79.1 cm³/mol. The largest absolute Gasteiger partial charge is 0.505 e. The van der Waals surface area contributed by atoms with Gasteiger partial charge in [0.05, 0.1) is 0 Å². The van der Waals surface area contributed by atoms with Crippen molar-refractivity contribution >= 4 is 29.4 Å². The topological polar surface area (TPSA) is 62.2 Å². The highest BCUT2D eigenvalue weighted by molar-refractivity contribution is 7.80. The highest BCUT2D eigenvalue weighted by Gasteiger charge is 2.12. The quantitative estimate of drug-likeness (QED) is 0.753. The Kier molecular flexibility index (Phi) is 3.95. The van der Waals surface area contributed by atoms with Crippen LogP contribution in [-0.2, 0) is 0 Å². The maximum atomic E-state index is 11.8. The minimum Gasteiger partial charge on any atom is -0.505 e. The maximum Gasteiger partial charge on any atom is 0.269 e. The van der Waals surface area contributed by atoms with E-state index in [0.29, 0.717) is 23.5 Å². The average molecular weight is 276 g/mol. The fourth-order valence-electron chi connectivity index (χ4n) is 2.00. The van der Waals surface area contributed by atoms with Crippen molar-refractivity contribution in [3.05, 3.63) is 35.0 Å². The van der Waals surface area contributed by atoms with E-state index in [-0.39, 0.29) is 11.7 Å². The molecule has 5 heteroatoms. The molecule has 19 heavy (non-hydrogen) atoms. The van der Waals surface area contributed by atoms with Crippen molar-refractivity contribution in [1.29, 1.82) is 0 Å². The number of amides is 1. The monoisotopic (exact) mass is 276 g/mol. The van der Waals surface area contributed by atoms with E-state index in [1.165, 1.54) is 0 Å². The number of carbonyl (C=O) groups is 1. The number of rotatable bonds is 3. The molecule has 2 N–H and O–H groups in total. The summed E-state index contributed by atoms with van der Waals surface area (Å²) in [5, 5.41) is 13.6. The van der Waals surface area contributed by atoms with Gasteiger partial charge in [0, 0.05) is 17.7 Å². The number of fused-ring (bicyclic) bond motifs is 1. The molecule has 1 amide bonds. The molecule has 1 aromatic carbocycles. The van der Waals surface area contributed by atoms with Crippen LogP contribution in [0.15, 0.2) is 18.2 Å². The van der Waals surface area contributed by atoms with Crippen LogP contribution in [0.5, 0.6) is 5.75 Å². The summed E-state index contributed by atoms with van der Waals surface area (Å²) < 4.78 is 0. The molecular weight excluding hydrogens is 260 g/mol. The molecule has 1 heterocycles. The summed E-state index contributed by atoms with van der Waals surface area (Å²) in [6.07, 6.45) is 0. The molecule has 0 atom stereocenters. The zero-order valence-electron chi connectivity index (χ0n) is 10.9. The van der Waals surface area contributed by atoms with E-state index in [1.807, 2.05) is 26.0 Å². The van der Waals surface area contributed by atoms with Crippen LogP contribution in [0.3, 0.4) is 0 Å². The summed E-state index contributed by atoms with van der Waals surface area (Å²) >= 11 is 4.03. The Hall–Kier alpha value is -1.75. The first-order valence-corrected chi connectivity index (χ1v) is 6.67. The van der Waals surface area contributed by atoms with Gasteiger partial charge < -0.3 is 10.4 Å². The van der Waals surface area contributed by atoms with Crippen LogP contribution in [-0.4, -0.2) is 28.3 Å². The third-order valence-electron chi connectivity index (χ3n) is 2.98. The molecule has 100 valence electrons. The fourth-order valence-corrected chi connectivity index (χ4v) is 2.11. The first-order valence-electron chi connectivity index (χ1n) is 6.03. The van der Waals surface area contributed by atoms with Gasteiger partial charge in [0.15, 0.2) is 0 Å². The highest BCUT2D eigenvalue weighted by Crippen LogP contribution is 2.29. The van der Waals surface area contributed by atoms with Gasteiger partial charge >= 0.3 is 0 Å². The molecule has 4 nitrogen and oxygen atoms in total. The van der Waals surface area contributed by atoms with Gasteiger partial charge in [-0.2, -0.15) is 12.6 Å². The lowest BCUT2D eigenvalue weighted by atomic mass is 10.0. The number of hydrogen-bond acceptors (Lipinski definition) is 4. The van der Waals surface area contributed by atoms with E-state index in [1.54, 1.807) is 6.07 Å². The second-order valence-corrected chi connectivity index (χ2v) is 4.88. The number of pyridine rings is 1. The lowest BCUT2D eigenvalue weighted by Gasteiger charge is -2.09. The van der Waals surface area contributed by atoms with Gasteiger partial charge in [-0.3, -0.25) is 4.79 Å². The van der Waals surface area contributed by atoms with Crippen LogP contribution in [0, 0.1) is 13.8 Å². The minimum atomic E-state index is -0.255. The van der Waals surface area contributed by atoms with Crippen molar-refractivity contribution in [2.24, 2.45) is 0 Å².